The summed E-state index contributed by atoms with van der Waals surface area (Å²) in [7, 11) is 1.56. The molecule has 3 amide bonds. The van der Waals surface area contributed by atoms with E-state index in [1.165, 1.54) is 11.1 Å². The third-order valence-corrected chi connectivity index (χ3v) is 3.41. The van der Waals surface area contributed by atoms with E-state index in [1.807, 2.05) is 26.0 Å². The minimum Gasteiger partial charge on any atom is -0.383 e. The highest BCUT2D eigenvalue weighted by Crippen LogP contribution is 2.16. The molecule has 1 aromatic carbocycles. The maximum absolute atomic E-state index is 11.8. The molecule has 0 aromatic heterocycles. The van der Waals surface area contributed by atoms with Crippen LogP contribution in [0.5, 0.6) is 0 Å². The van der Waals surface area contributed by atoms with E-state index in [0.717, 1.165) is 5.56 Å². The lowest BCUT2D eigenvalue weighted by Crippen LogP contribution is -2.43. The molecule has 1 atom stereocenters. The van der Waals surface area contributed by atoms with Crippen molar-refractivity contribution < 1.29 is 14.3 Å². The predicted octanol–water partition coefficient (Wildman–Crippen LogP) is 1.43. The van der Waals surface area contributed by atoms with Crippen molar-refractivity contribution in [3.63, 3.8) is 0 Å². The molecule has 1 rings (SSSR count). The number of hydrogen-bond donors (Lipinski definition) is 3. The molecule has 0 aliphatic carbocycles. The Morgan fingerprint density at radius 1 is 1.18 bits per heavy atom. The van der Waals surface area contributed by atoms with Crippen LogP contribution in [0.4, 0.5) is 4.79 Å². The van der Waals surface area contributed by atoms with Crippen molar-refractivity contribution in [1.29, 1.82) is 0 Å². The number of methoxy groups -OCH3 is 1. The van der Waals surface area contributed by atoms with E-state index in [0.29, 0.717) is 13.2 Å². The molecular weight excluding hydrogens is 282 g/mol. The standard InChI is InChI=1S/C16H25N3O3/c1-11-5-6-14(9-12(11)2)13(3)19-15(20)10-18-16(21)17-7-8-22-4/h5-6,9,13H,7-8,10H2,1-4H3,(H,19,20)(H2,17,18,21). The number of ether oxygens (including phenoxy) is 1. The van der Waals surface area contributed by atoms with E-state index in [9.17, 15) is 9.59 Å². The fourth-order valence-corrected chi connectivity index (χ4v) is 1.90. The lowest BCUT2D eigenvalue weighted by molar-refractivity contribution is -0.120. The molecular formula is C16H25N3O3. The molecule has 1 unspecified atom stereocenters. The summed E-state index contributed by atoms with van der Waals surface area (Å²) in [5.41, 5.74) is 3.45. The first-order valence-electron chi connectivity index (χ1n) is 7.31. The van der Waals surface area contributed by atoms with Gasteiger partial charge in [0, 0.05) is 13.7 Å². The van der Waals surface area contributed by atoms with E-state index in [2.05, 4.69) is 28.9 Å². The molecule has 0 fully saturated rings. The molecule has 0 aliphatic heterocycles. The van der Waals surface area contributed by atoms with Gasteiger partial charge in [0.15, 0.2) is 0 Å². The quantitative estimate of drug-likeness (QED) is 0.667. The summed E-state index contributed by atoms with van der Waals surface area (Å²) < 4.78 is 4.82. The average Bonchev–Trinajstić information content (AvgIpc) is 2.48. The van der Waals surface area contributed by atoms with Gasteiger partial charge in [0.05, 0.1) is 19.2 Å². The molecule has 6 heteroatoms. The van der Waals surface area contributed by atoms with E-state index < -0.39 is 0 Å². The normalized spacial score (nSPS) is 11.6. The van der Waals surface area contributed by atoms with E-state index >= 15 is 0 Å². The van der Waals surface area contributed by atoms with Crippen LogP contribution in [0.2, 0.25) is 0 Å². The first kappa shape index (κ1) is 18.0. The zero-order chi connectivity index (χ0) is 16.5. The van der Waals surface area contributed by atoms with E-state index in [1.54, 1.807) is 7.11 Å². The lowest BCUT2D eigenvalue weighted by Gasteiger charge is -2.16. The van der Waals surface area contributed by atoms with Crippen LogP contribution in [0.1, 0.15) is 29.7 Å². The molecule has 3 N–H and O–H groups in total. The van der Waals surface area contributed by atoms with Crippen molar-refractivity contribution >= 4 is 11.9 Å². The molecule has 0 radical (unpaired) electrons. The summed E-state index contributed by atoms with van der Waals surface area (Å²) >= 11 is 0. The fraction of sp³-hybridized carbons (Fsp3) is 0.500. The molecule has 0 saturated carbocycles. The van der Waals surface area contributed by atoms with Crippen LogP contribution in [0.3, 0.4) is 0 Å². The van der Waals surface area contributed by atoms with Crippen LogP contribution >= 0.6 is 0 Å². The lowest BCUT2D eigenvalue weighted by atomic mass is 10.0. The second-order valence-corrected chi connectivity index (χ2v) is 5.24. The van der Waals surface area contributed by atoms with Crippen molar-refractivity contribution in [1.82, 2.24) is 16.0 Å². The third-order valence-electron chi connectivity index (χ3n) is 3.41. The van der Waals surface area contributed by atoms with Crippen LogP contribution in [-0.2, 0) is 9.53 Å². The molecule has 22 heavy (non-hydrogen) atoms. The van der Waals surface area contributed by atoms with Crippen LogP contribution in [0.15, 0.2) is 18.2 Å². The van der Waals surface area contributed by atoms with Gasteiger partial charge in [-0.2, -0.15) is 0 Å². The Balaban J connectivity index is 2.37. The molecule has 6 nitrogen and oxygen atoms in total. The zero-order valence-electron chi connectivity index (χ0n) is 13.7. The number of hydrogen-bond acceptors (Lipinski definition) is 3. The Kier molecular flexibility index (Phi) is 7.39. The van der Waals surface area contributed by atoms with Gasteiger partial charge < -0.3 is 20.7 Å². The van der Waals surface area contributed by atoms with Gasteiger partial charge in [-0.25, -0.2) is 4.79 Å². The van der Waals surface area contributed by atoms with Crippen molar-refractivity contribution in [2.24, 2.45) is 0 Å². The molecule has 0 aliphatic rings. The summed E-state index contributed by atoms with van der Waals surface area (Å²) in [6.07, 6.45) is 0. The van der Waals surface area contributed by atoms with E-state index in [-0.39, 0.29) is 24.5 Å². The van der Waals surface area contributed by atoms with Crippen LogP contribution in [0, 0.1) is 13.8 Å². The SMILES string of the molecule is COCCNC(=O)NCC(=O)NC(C)c1ccc(C)c(C)c1. The summed E-state index contributed by atoms with van der Waals surface area (Å²) in [6, 6.07) is 5.61. The monoisotopic (exact) mass is 307 g/mol. The molecule has 122 valence electrons. The Morgan fingerprint density at radius 3 is 2.55 bits per heavy atom. The number of urea groups is 1. The van der Waals surface area contributed by atoms with Crippen molar-refractivity contribution in [3.05, 3.63) is 34.9 Å². The third kappa shape index (κ3) is 6.13. The summed E-state index contributed by atoms with van der Waals surface area (Å²) in [5, 5.41) is 7.94. The minimum absolute atomic E-state index is 0.0615. The topological polar surface area (TPSA) is 79.5 Å². The molecule has 0 heterocycles. The van der Waals surface area contributed by atoms with Crippen LogP contribution in [0.25, 0.3) is 0 Å². The number of nitrogens with one attached hydrogen (secondary N) is 3. The summed E-state index contributed by atoms with van der Waals surface area (Å²) in [6.45, 7) is 6.79. The van der Waals surface area contributed by atoms with E-state index in [4.69, 9.17) is 4.74 Å². The smallest absolute Gasteiger partial charge is 0.315 e. The maximum Gasteiger partial charge on any atom is 0.315 e. The maximum atomic E-state index is 11.8. The first-order chi connectivity index (χ1) is 10.4. The predicted molar refractivity (Wildman–Crippen MR) is 85.8 cm³/mol. The largest absolute Gasteiger partial charge is 0.383 e. The highest BCUT2D eigenvalue weighted by atomic mass is 16.5. The van der Waals surface area contributed by atoms with Gasteiger partial charge in [-0.15, -0.1) is 0 Å². The molecule has 0 bridgehead atoms. The Hall–Kier alpha value is -2.08. The zero-order valence-corrected chi connectivity index (χ0v) is 13.7. The highest BCUT2D eigenvalue weighted by Gasteiger charge is 2.11. The molecule has 0 saturated heterocycles. The second kappa shape index (κ2) is 9.04. The van der Waals surface area contributed by atoms with Gasteiger partial charge in [0.25, 0.3) is 0 Å². The minimum atomic E-state index is -0.383. The highest BCUT2D eigenvalue weighted by molar-refractivity contribution is 5.84. The Morgan fingerprint density at radius 2 is 1.91 bits per heavy atom. The van der Waals surface area contributed by atoms with Gasteiger partial charge in [-0.3, -0.25) is 4.79 Å². The summed E-state index contributed by atoms with van der Waals surface area (Å²) in [5.74, 6) is -0.229. The van der Waals surface area contributed by atoms with Gasteiger partial charge in [-0.1, -0.05) is 18.2 Å². The number of aryl methyl sites for hydroxylation is 2. The van der Waals surface area contributed by atoms with Crippen molar-refractivity contribution in [3.8, 4) is 0 Å². The van der Waals surface area contributed by atoms with Gasteiger partial charge in [0.1, 0.15) is 0 Å². The first-order valence-corrected chi connectivity index (χ1v) is 7.31. The van der Waals surface area contributed by atoms with Crippen LogP contribution < -0.4 is 16.0 Å². The van der Waals surface area contributed by atoms with Crippen LogP contribution in [-0.4, -0.2) is 38.7 Å². The van der Waals surface area contributed by atoms with Crippen molar-refractivity contribution in [2.45, 2.75) is 26.8 Å². The second-order valence-electron chi connectivity index (χ2n) is 5.24. The Labute approximate surface area is 131 Å². The van der Waals surface area contributed by atoms with Gasteiger partial charge in [-0.05, 0) is 37.5 Å². The summed E-state index contributed by atoms with van der Waals surface area (Å²) in [4.78, 5) is 23.2. The average molecular weight is 307 g/mol. The number of amides is 3. The fourth-order valence-electron chi connectivity index (χ4n) is 1.90. The number of benzene rings is 1. The molecule has 1 aromatic rings. The molecule has 0 spiro atoms. The van der Waals surface area contributed by atoms with Gasteiger partial charge >= 0.3 is 6.03 Å². The Bertz CT molecular complexity index is 517. The number of rotatable bonds is 7. The van der Waals surface area contributed by atoms with Crippen molar-refractivity contribution in [2.75, 3.05) is 26.8 Å². The van der Waals surface area contributed by atoms with Gasteiger partial charge in [0.2, 0.25) is 5.91 Å². The number of carbonyl (C=O) groups is 2. The number of carbonyl (C=O) groups excluding carboxylic acids is 2.